The lowest BCUT2D eigenvalue weighted by atomic mass is 10.1. The first-order valence-electron chi connectivity index (χ1n) is 10.7. The summed E-state index contributed by atoms with van der Waals surface area (Å²) in [6.07, 6.45) is 4.88. The van der Waals surface area contributed by atoms with Gasteiger partial charge in [-0.1, -0.05) is 72.8 Å². The molecule has 1 saturated carbocycles. The molecule has 1 N–H and O–H groups in total. The molecule has 2 aromatic carbocycles. The van der Waals surface area contributed by atoms with Crippen LogP contribution >= 0.6 is 34.8 Å². The molecular weight excluding hydrogens is 455 g/mol. The van der Waals surface area contributed by atoms with Crippen LogP contribution in [-0.4, -0.2) is 28.8 Å². The van der Waals surface area contributed by atoms with Gasteiger partial charge in [-0.2, -0.15) is 0 Å². The topological polar surface area (TPSA) is 49.4 Å². The van der Waals surface area contributed by atoms with Crippen molar-refractivity contribution in [3.63, 3.8) is 0 Å². The molecule has 1 aliphatic rings. The number of amides is 2. The summed E-state index contributed by atoms with van der Waals surface area (Å²) in [5, 5.41) is 4.71. The third-order valence-corrected chi connectivity index (χ3v) is 6.51. The molecular formula is C24H27Cl3N2O2. The minimum Gasteiger partial charge on any atom is -0.352 e. The summed E-state index contributed by atoms with van der Waals surface area (Å²) in [5.74, 6) is -0.263. The first-order chi connectivity index (χ1) is 14.9. The molecule has 0 unspecified atom stereocenters. The van der Waals surface area contributed by atoms with Crippen molar-refractivity contribution in [1.29, 1.82) is 0 Å². The molecule has 1 atom stereocenters. The summed E-state index contributed by atoms with van der Waals surface area (Å²) in [4.78, 5) is 28.1. The second-order valence-electron chi connectivity index (χ2n) is 7.98. The zero-order chi connectivity index (χ0) is 22.4. The fourth-order valence-corrected chi connectivity index (χ4v) is 4.72. The standard InChI is InChI=1S/C24H27Cl3N2O2/c1-2-22(24(31)28-20-8-3-4-9-20)29(15-17-10-11-19(26)14-21(17)27)23(30)13-16-6-5-7-18(25)12-16/h5-7,10-12,14,20,22H,2-4,8-9,13,15H2,1H3,(H,28,31)/t22-/m0/s1. The maximum absolute atomic E-state index is 13.4. The number of hydrogen-bond acceptors (Lipinski definition) is 2. The lowest BCUT2D eigenvalue weighted by Gasteiger charge is -2.32. The Morgan fingerprint density at radius 2 is 1.77 bits per heavy atom. The van der Waals surface area contributed by atoms with Crippen molar-refractivity contribution in [2.45, 2.75) is 64.1 Å². The van der Waals surface area contributed by atoms with Gasteiger partial charge in [-0.15, -0.1) is 0 Å². The van der Waals surface area contributed by atoms with Crippen molar-refractivity contribution in [3.8, 4) is 0 Å². The Balaban J connectivity index is 1.85. The van der Waals surface area contributed by atoms with Gasteiger partial charge >= 0.3 is 0 Å². The zero-order valence-electron chi connectivity index (χ0n) is 17.5. The van der Waals surface area contributed by atoms with E-state index in [-0.39, 0.29) is 30.8 Å². The van der Waals surface area contributed by atoms with Gasteiger partial charge in [-0.25, -0.2) is 0 Å². The SMILES string of the molecule is CC[C@@H](C(=O)NC1CCCC1)N(Cc1ccc(Cl)cc1Cl)C(=O)Cc1cccc(Cl)c1. The van der Waals surface area contributed by atoms with E-state index < -0.39 is 6.04 Å². The molecule has 1 aliphatic carbocycles. The van der Waals surface area contributed by atoms with Crippen LogP contribution < -0.4 is 5.32 Å². The molecule has 0 spiro atoms. The van der Waals surface area contributed by atoms with Gasteiger partial charge in [0.25, 0.3) is 0 Å². The van der Waals surface area contributed by atoms with Crippen molar-refractivity contribution in [1.82, 2.24) is 10.2 Å². The van der Waals surface area contributed by atoms with Gasteiger partial charge in [0.2, 0.25) is 11.8 Å². The average Bonchev–Trinajstić information content (AvgIpc) is 3.22. The molecule has 7 heteroatoms. The number of halogens is 3. The normalized spacial score (nSPS) is 15.0. The van der Waals surface area contributed by atoms with Crippen LogP contribution in [-0.2, 0) is 22.6 Å². The first-order valence-corrected chi connectivity index (χ1v) is 11.8. The summed E-state index contributed by atoms with van der Waals surface area (Å²) in [6, 6.07) is 12.0. The highest BCUT2D eigenvalue weighted by atomic mass is 35.5. The third-order valence-electron chi connectivity index (χ3n) is 5.69. The number of nitrogens with zero attached hydrogens (tertiary/aromatic N) is 1. The van der Waals surface area contributed by atoms with Gasteiger partial charge in [-0.05, 0) is 54.7 Å². The van der Waals surface area contributed by atoms with E-state index in [4.69, 9.17) is 34.8 Å². The van der Waals surface area contributed by atoms with E-state index in [0.29, 0.717) is 21.5 Å². The molecule has 31 heavy (non-hydrogen) atoms. The molecule has 0 heterocycles. The largest absolute Gasteiger partial charge is 0.352 e. The summed E-state index contributed by atoms with van der Waals surface area (Å²) >= 11 is 18.5. The van der Waals surface area contributed by atoms with Crippen molar-refractivity contribution < 1.29 is 9.59 Å². The van der Waals surface area contributed by atoms with Gasteiger partial charge < -0.3 is 10.2 Å². The number of carbonyl (C=O) groups excluding carboxylic acids is 2. The number of hydrogen-bond donors (Lipinski definition) is 1. The van der Waals surface area contributed by atoms with Crippen molar-refractivity contribution >= 4 is 46.6 Å². The number of carbonyl (C=O) groups is 2. The van der Waals surface area contributed by atoms with E-state index in [9.17, 15) is 9.59 Å². The molecule has 2 amide bonds. The predicted octanol–water partition coefficient (Wildman–Crippen LogP) is 6.06. The lowest BCUT2D eigenvalue weighted by Crippen LogP contribution is -2.51. The van der Waals surface area contributed by atoms with Gasteiger partial charge in [0.1, 0.15) is 6.04 Å². The Morgan fingerprint density at radius 3 is 2.42 bits per heavy atom. The number of benzene rings is 2. The van der Waals surface area contributed by atoms with Crippen molar-refractivity contribution in [2.24, 2.45) is 0 Å². The van der Waals surface area contributed by atoms with E-state index in [1.807, 2.05) is 19.1 Å². The van der Waals surface area contributed by atoms with E-state index in [1.54, 1.807) is 35.2 Å². The predicted molar refractivity (Wildman–Crippen MR) is 127 cm³/mol. The van der Waals surface area contributed by atoms with E-state index in [1.165, 1.54) is 0 Å². The van der Waals surface area contributed by atoms with Gasteiger partial charge in [0.15, 0.2) is 0 Å². The summed E-state index contributed by atoms with van der Waals surface area (Å²) in [7, 11) is 0. The fraction of sp³-hybridized carbons (Fsp3) is 0.417. The van der Waals surface area contributed by atoms with Crippen LogP contribution in [0.15, 0.2) is 42.5 Å². The number of nitrogens with one attached hydrogen (secondary N) is 1. The highest BCUT2D eigenvalue weighted by Gasteiger charge is 2.31. The fourth-order valence-electron chi connectivity index (χ4n) is 4.04. The minimum absolute atomic E-state index is 0.112. The van der Waals surface area contributed by atoms with Crippen LogP contribution in [0, 0.1) is 0 Å². The van der Waals surface area contributed by atoms with Gasteiger partial charge in [0, 0.05) is 27.7 Å². The molecule has 0 aliphatic heterocycles. The van der Waals surface area contributed by atoms with E-state index >= 15 is 0 Å². The number of rotatable bonds is 8. The van der Waals surface area contributed by atoms with Crippen LogP contribution in [0.1, 0.15) is 50.2 Å². The Hall–Kier alpha value is -1.75. The Labute approximate surface area is 198 Å². The van der Waals surface area contributed by atoms with Crippen molar-refractivity contribution in [3.05, 3.63) is 68.7 Å². The van der Waals surface area contributed by atoms with Crippen LogP contribution in [0.25, 0.3) is 0 Å². The minimum atomic E-state index is -0.584. The molecule has 1 fully saturated rings. The Morgan fingerprint density at radius 1 is 1.06 bits per heavy atom. The monoisotopic (exact) mass is 480 g/mol. The highest BCUT2D eigenvalue weighted by Crippen LogP contribution is 2.25. The molecule has 0 bridgehead atoms. The summed E-state index contributed by atoms with van der Waals surface area (Å²) < 4.78 is 0. The summed E-state index contributed by atoms with van der Waals surface area (Å²) in [6.45, 7) is 2.15. The van der Waals surface area contributed by atoms with Crippen LogP contribution in [0.4, 0.5) is 0 Å². The molecule has 0 aromatic heterocycles. The second-order valence-corrected chi connectivity index (χ2v) is 9.26. The lowest BCUT2D eigenvalue weighted by molar-refractivity contribution is -0.141. The summed E-state index contributed by atoms with van der Waals surface area (Å²) in [5.41, 5.74) is 1.55. The highest BCUT2D eigenvalue weighted by molar-refractivity contribution is 6.35. The second kappa shape index (κ2) is 11.2. The van der Waals surface area contributed by atoms with Crippen LogP contribution in [0.2, 0.25) is 15.1 Å². The quantitative estimate of drug-likeness (QED) is 0.498. The van der Waals surface area contributed by atoms with Gasteiger partial charge in [-0.3, -0.25) is 9.59 Å². The molecule has 166 valence electrons. The smallest absolute Gasteiger partial charge is 0.243 e. The molecule has 0 saturated heterocycles. The molecule has 0 radical (unpaired) electrons. The van der Waals surface area contributed by atoms with E-state index in [0.717, 1.165) is 36.8 Å². The Kier molecular flexibility index (Phi) is 8.65. The molecule has 3 rings (SSSR count). The van der Waals surface area contributed by atoms with Crippen molar-refractivity contribution in [2.75, 3.05) is 0 Å². The maximum atomic E-state index is 13.4. The first kappa shape index (κ1) is 23.9. The molecule has 2 aromatic rings. The van der Waals surface area contributed by atoms with Gasteiger partial charge in [0.05, 0.1) is 6.42 Å². The van der Waals surface area contributed by atoms with Crippen LogP contribution in [0.3, 0.4) is 0 Å². The van der Waals surface area contributed by atoms with Crippen LogP contribution in [0.5, 0.6) is 0 Å². The maximum Gasteiger partial charge on any atom is 0.243 e. The third kappa shape index (κ3) is 6.61. The zero-order valence-corrected chi connectivity index (χ0v) is 19.8. The van der Waals surface area contributed by atoms with E-state index in [2.05, 4.69) is 5.32 Å². The average molecular weight is 482 g/mol. The Bertz CT molecular complexity index is 929. The molecule has 4 nitrogen and oxygen atoms in total.